The molecule has 1 saturated heterocycles. The van der Waals surface area contributed by atoms with Crippen LogP contribution in [0.2, 0.25) is 0 Å². The maximum absolute atomic E-state index is 12.9. The zero-order valence-electron chi connectivity index (χ0n) is 16.9. The molecule has 2 aromatic carbocycles. The number of hydrogen-bond donors (Lipinski definition) is 0. The monoisotopic (exact) mass is 453 g/mol. The molecule has 1 amide bonds. The van der Waals surface area contributed by atoms with Crippen LogP contribution in [0.15, 0.2) is 71.9 Å². The number of para-hydroxylation sites is 1. The van der Waals surface area contributed by atoms with Gasteiger partial charge in [-0.05, 0) is 6.07 Å². The first-order valence-electron chi connectivity index (χ1n) is 9.78. The normalized spacial score (nSPS) is 14.8. The third-order valence-corrected chi connectivity index (χ3v) is 7.08. The first kappa shape index (κ1) is 21.5. The first-order valence-corrected chi connectivity index (χ1v) is 11.2. The van der Waals surface area contributed by atoms with Gasteiger partial charge < -0.3 is 4.90 Å². The number of nitro benzene ring substituents is 1. The van der Waals surface area contributed by atoms with Crippen molar-refractivity contribution in [3.05, 3.63) is 82.7 Å². The smallest absolute Gasteiger partial charge is 0.289 e. The van der Waals surface area contributed by atoms with Crippen LogP contribution in [-0.2, 0) is 10.0 Å². The summed E-state index contributed by atoms with van der Waals surface area (Å²) in [5.74, 6) is 0.204. The van der Waals surface area contributed by atoms with Gasteiger partial charge in [-0.25, -0.2) is 18.4 Å². The molecule has 1 fully saturated rings. The fourth-order valence-electron chi connectivity index (χ4n) is 3.45. The summed E-state index contributed by atoms with van der Waals surface area (Å²) in [5.41, 5.74) is 0.668. The summed E-state index contributed by atoms with van der Waals surface area (Å²) >= 11 is 0. The standard InChI is InChI=1S/C21H19N5O5S/c27-21(17-14-22-20(23-15-17)16-6-2-1-3-7-16)24-10-12-25(13-11-24)32(30,31)19-9-5-4-8-18(19)26(28)29/h1-9,14-15H,10-13H2. The van der Waals surface area contributed by atoms with Crippen molar-refractivity contribution in [3.8, 4) is 11.4 Å². The number of carbonyl (C=O) groups excluding carboxylic acids is 1. The van der Waals surface area contributed by atoms with E-state index in [0.717, 1.165) is 15.9 Å². The molecular formula is C21H19N5O5S. The van der Waals surface area contributed by atoms with Crippen molar-refractivity contribution < 1.29 is 18.1 Å². The molecule has 0 aliphatic carbocycles. The maximum atomic E-state index is 12.9. The summed E-state index contributed by atoms with van der Waals surface area (Å²) in [5, 5.41) is 11.2. The molecule has 32 heavy (non-hydrogen) atoms. The molecule has 3 aromatic rings. The Morgan fingerprint density at radius 3 is 2.12 bits per heavy atom. The Kier molecular flexibility index (Phi) is 5.93. The van der Waals surface area contributed by atoms with Gasteiger partial charge in [-0.3, -0.25) is 14.9 Å². The van der Waals surface area contributed by atoms with Crippen LogP contribution < -0.4 is 0 Å². The van der Waals surface area contributed by atoms with Crippen LogP contribution in [0.5, 0.6) is 0 Å². The van der Waals surface area contributed by atoms with Crippen molar-refractivity contribution in [3.63, 3.8) is 0 Å². The van der Waals surface area contributed by atoms with Gasteiger partial charge in [0, 0.05) is 50.2 Å². The highest BCUT2D eigenvalue weighted by atomic mass is 32.2. The van der Waals surface area contributed by atoms with Crippen LogP contribution in [0.25, 0.3) is 11.4 Å². The van der Waals surface area contributed by atoms with Gasteiger partial charge in [0.15, 0.2) is 10.7 Å². The van der Waals surface area contributed by atoms with Crippen molar-refractivity contribution >= 4 is 21.6 Å². The minimum Gasteiger partial charge on any atom is -0.336 e. The molecule has 1 aromatic heterocycles. The number of piperazine rings is 1. The van der Waals surface area contributed by atoms with E-state index < -0.39 is 20.6 Å². The summed E-state index contributed by atoms with van der Waals surface area (Å²) in [6, 6.07) is 14.6. The molecule has 0 N–H and O–H groups in total. The third-order valence-electron chi connectivity index (χ3n) is 5.14. The van der Waals surface area contributed by atoms with E-state index in [0.29, 0.717) is 11.4 Å². The van der Waals surface area contributed by atoms with E-state index in [1.165, 1.54) is 35.5 Å². The lowest BCUT2D eigenvalue weighted by Gasteiger charge is -2.33. The maximum Gasteiger partial charge on any atom is 0.289 e. The summed E-state index contributed by atoms with van der Waals surface area (Å²) in [7, 11) is -4.06. The van der Waals surface area contributed by atoms with Crippen LogP contribution in [0.3, 0.4) is 0 Å². The lowest BCUT2D eigenvalue weighted by atomic mass is 10.2. The van der Waals surface area contributed by atoms with Crippen molar-refractivity contribution in [2.24, 2.45) is 0 Å². The Morgan fingerprint density at radius 2 is 1.50 bits per heavy atom. The van der Waals surface area contributed by atoms with E-state index in [-0.39, 0.29) is 37.0 Å². The zero-order valence-corrected chi connectivity index (χ0v) is 17.7. The van der Waals surface area contributed by atoms with Crippen LogP contribution >= 0.6 is 0 Å². The van der Waals surface area contributed by atoms with E-state index in [2.05, 4.69) is 9.97 Å². The molecule has 0 saturated carbocycles. The highest BCUT2D eigenvalue weighted by Crippen LogP contribution is 2.27. The van der Waals surface area contributed by atoms with E-state index in [1.807, 2.05) is 30.3 Å². The molecule has 1 aliphatic heterocycles. The number of rotatable bonds is 5. The summed E-state index contributed by atoms with van der Waals surface area (Å²) < 4.78 is 27.0. The molecule has 0 spiro atoms. The third kappa shape index (κ3) is 4.20. The quantitative estimate of drug-likeness (QED) is 0.428. The fourth-order valence-corrected chi connectivity index (χ4v) is 5.03. The lowest BCUT2D eigenvalue weighted by Crippen LogP contribution is -2.50. The number of sulfonamides is 1. The van der Waals surface area contributed by atoms with Gasteiger partial charge in [0.25, 0.3) is 11.6 Å². The Bertz CT molecular complexity index is 1240. The second kappa shape index (κ2) is 8.81. The number of nitrogens with zero attached hydrogens (tertiary/aromatic N) is 5. The average Bonchev–Trinajstić information content (AvgIpc) is 2.84. The molecule has 0 atom stereocenters. The van der Waals surface area contributed by atoms with E-state index >= 15 is 0 Å². The van der Waals surface area contributed by atoms with Gasteiger partial charge in [0.1, 0.15) is 0 Å². The summed E-state index contributed by atoms with van der Waals surface area (Å²) in [6.07, 6.45) is 2.90. The second-order valence-electron chi connectivity index (χ2n) is 7.08. The van der Waals surface area contributed by atoms with Crippen molar-refractivity contribution in [2.45, 2.75) is 4.90 Å². The number of aromatic nitrogens is 2. The van der Waals surface area contributed by atoms with Crippen LogP contribution in [0, 0.1) is 10.1 Å². The van der Waals surface area contributed by atoms with Gasteiger partial charge in [-0.15, -0.1) is 0 Å². The zero-order chi connectivity index (χ0) is 22.7. The minimum absolute atomic E-state index is 0.0308. The molecule has 0 unspecified atom stereocenters. The molecular weight excluding hydrogens is 434 g/mol. The molecule has 1 aliphatic rings. The van der Waals surface area contributed by atoms with Gasteiger partial charge >= 0.3 is 0 Å². The summed E-state index contributed by atoms with van der Waals surface area (Å²) in [4.78, 5) is 33.0. The van der Waals surface area contributed by atoms with Crippen LogP contribution in [0.4, 0.5) is 5.69 Å². The van der Waals surface area contributed by atoms with Gasteiger partial charge in [0.2, 0.25) is 10.0 Å². The predicted octanol–water partition coefficient (Wildman–Crippen LogP) is 2.20. The SMILES string of the molecule is O=C(c1cnc(-c2ccccc2)nc1)N1CCN(S(=O)(=O)c2ccccc2[N+](=O)[O-])CC1. The molecule has 2 heterocycles. The predicted molar refractivity (Wildman–Crippen MR) is 115 cm³/mol. The van der Waals surface area contributed by atoms with Crippen molar-refractivity contribution in [1.82, 2.24) is 19.2 Å². The van der Waals surface area contributed by atoms with Crippen LogP contribution in [0.1, 0.15) is 10.4 Å². The largest absolute Gasteiger partial charge is 0.336 e. The molecule has 0 radical (unpaired) electrons. The number of nitro groups is 1. The topological polar surface area (TPSA) is 127 Å². The molecule has 0 bridgehead atoms. The van der Waals surface area contributed by atoms with Gasteiger partial charge in [-0.2, -0.15) is 4.31 Å². The Morgan fingerprint density at radius 1 is 0.906 bits per heavy atom. The molecule has 4 rings (SSSR count). The van der Waals surface area contributed by atoms with Crippen LogP contribution in [-0.4, -0.2) is 64.6 Å². The van der Waals surface area contributed by atoms with E-state index in [1.54, 1.807) is 0 Å². The van der Waals surface area contributed by atoms with Crippen molar-refractivity contribution in [1.29, 1.82) is 0 Å². The number of carbonyl (C=O) groups is 1. The Balaban J connectivity index is 1.45. The molecule has 11 heteroatoms. The van der Waals surface area contributed by atoms with Crippen molar-refractivity contribution in [2.75, 3.05) is 26.2 Å². The van der Waals surface area contributed by atoms with E-state index in [4.69, 9.17) is 0 Å². The average molecular weight is 453 g/mol. The Hall–Kier alpha value is -3.70. The Labute approximate surface area is 184 Å². The number of hydrogen-bond acceptors (Lipinski definition) is 7. The number of benzene rings is 2. The van der Waals surface area contributed by atoms with Gasteiger partial charge in [0.05, 0.1) is 10.5 Å². The summed E-state index contributed by atoms with van der Waals surface area (Å²) in [6.45, 7) is 0.365. The molecule has 10 nitrogen and oxygen atoms in total. The highest BCUT2D eigenvalue weighted by molar-refractivity contribution is 7.89. The first-order chi connectivity index (χ1) is 15.4. The van der Waals surface area contributed by atoms with Gasteiger partial charge in [-0.1, -0.05) is 42.5 Å². The number of amides is 1. The second-order valence-corrected chi connectivity index (χ2v) is 8.99. The van der Waals surface area contributed by atoms with E-state index in [9.17, 15) is 23.3 Å². The molecule has 164 valence electrons. The lowest BCUT2D eigenvalue weighted by molar-refractivity contribution is -0.387. The minimum atomic E-state index is -4.06. The fraction of sp³-hybridized carbons (Fsp3) is 0.190. The highest BCUT2D eigenvalue weighted by Gasteiger charge is 2.34.